The molecule has 2 bridgehead atoms. The van der Waals surface area contributed by atoms with Gasteiger partial charge >= 0.3 is 5.97 Å². The van der Waals surface area contributed by atoms with E-state index in [0.29, 0.717) is 11.8 Å². The standard InChI is InChI=1S/C15H23BrO3/c1-9-6-13-15(16)7-12(19-11(3)17)4-5-14(15,8-18-13)10(9)2/h9-10,12-13H,4-8H2,1-3H3/t9-,10-,12-,13+,14+,15-/m1/s1. The second kappa shape index (κ2) is 4.45. The molecular weight excluding hydrogens is 308 g/mol. The van der Waals surface area contributed by atoms with Gasteiger partial charge in [0.25, 0.3) is 0 Å². The van der Waals surface area contributed by atoms with Gasteiger partial charge in [0, 0.05) is 18.8 Å². The summed E-state index contributed by atoms with van der Waals surface area (Å²) in [7, 11) is 0. The van der Waals surface area contributed by atoms with Crippen molar-refractivity contribution in [2.45, 2.75) is 63.0 Å². The van der Waals surface area contributed by atoms with E-state index in [0.717, 1.165) is 32.3 Å². The number of rotatable bonds is 1. The molecule has 1 aliphatic heterocycles. The third kappa shape index (κ3) is 1.82. The molecule has 0 spiro atoms. The average molecular weight is 331 g/mol. The molecule has 3 fully saturated rings. The second-order valence-corrected chi connectivity index (χ2v) is 8.21. The highest BCUT2D eigenvalue weighted by Gasteiger charge is 2.68. The highest BCUT2D eigenvalue weighted by Crippen LogP contribution is 2.66. The van der Waals surface area contributed by atoms with Crippen molar-refractivity contribution in [2.75, 3.05) is 6.61 Å². The summed E-state index contributed by atoms with van der Waals surface area (Å²) in [5.74, 6) is 1.20. The molecule has 0 aromatic heterocycles. The van der Waals surface area contributed by atoms with E-state index in [9.17, 15) is 4.79 Å². The summed E-state index contributed by atoms with van der Waals surface area (Å²) >= 11 is 4.04. The van der Waals surface area contributed by atoms with E-state index in [2.05, 4.69) is 29.8 Å². The smallest absolute Gasteiger partial charge is 0.302 e. The predicted molar refractivity (Wildman–Crippen MR) is 76.2 cm³/mol. The Morgan fingerprint density at radius 2 is 2.16 bits per heavy atom. The molecule has 2 aliphatic carbocycles. The van der Waals surface area contributed by atoms with Gasteiger partial charge in [-0.05, 0) is 31.1 Å². The van der Waals surface area contributed by atoms with Gasteiger partial charge in [0.05, 0.1) is 17.0 Å². The number of alkyl halides is 1. The van der Waals surface area contributed by atoms with Crippen molar-refractivity contribution < 1.29 is 14.3 Å². The first-order chi connectivity index (χ1) is 8.89. The molecule has 0 aromatic rings. The minimum Gasteiger partial charge on any atom is -0.463 e. The van der Waals surface area contributed by atoms with Crippen LogP contribution in [-0.2, 0) is 14.3 Å². The summed E-state index contributed by atoms with van der Waals surface area (Å²) in [6.07, 6.45) is 4.40. The van der Waals surface area contributed by atoms with E-state index < -0.39 is 0 Å². The largest absolute Gasteiger partial charge is 0.463 e. The van der Waals surface area contributed by atoms with Gasteiger partial charge < -0.3 is 9.47 Å². The average Bonchev–Trinajstić information content (AvgIpc) is 2.53. The van der Waals surface area contributed by atoms with Crippen molar-refractivity contribution in [2.24, 2.45) is 17.3 Å². The van der Waals surface area contributed by atoms with E-state index in [1.165, 1.54) is 6.92 Å². The number of carbonyl (C=O) groups is 1. The van der Waals surface area contributed by atoms with Gasteiger partial charge in [-0.2, -0.15) is 0 Å². The van der Waals surface area contributed by atoms with Crippen molar-refractivity contribution in [3.63, 3.8) is 0 Å². The molecule has 2 saturated carbocycles. The second-order valence-electron chi connectivity index (χ2n) is 6.79. The molecule has 1 heterocycles. The molecule has 0 radical (unpaired) electrons. The topological polar surface area (TPSA) is 35.5 Å². The maximum absolute atomic E-state index is 11.2. The van der Waals surface area contributed by atoms with E-state index >= 15 is 0 Å². The van der Waals surface area contributed by atoms with Crippen LogP contribution in [0.3, 0.4) is 0 Å². The number of esters is 1. The van der Waals surface area contributed by atoms with Gasteiger partial charge in [-0.1, -0.05) is 29.8 Å². The lowest BCUT2D eigenvalue weighted by Crippen LogP contribution is -2.60. The molecule has 1 saturated heterocycles. The zero-order valence-electron chi connectivity index (χ0n) is 11.9. The van der Waals surface area contributed by atoms with Crippen LogP contribution in [0.2, 0.25) is 0 Å². The summed E-state index contributed by atoms with van der Waals surface area (Å²) in [6, 6.07) is 0. The predicted octanol–water partition coefficient (Wildman–Crippen LogP) is 3.30. The van der Waals surface area contributed by atoms with Crippen LogP contribution in [0.25, 0.3) is 0 Å². The lowest BCUT2D eigenvalue weighted by atomic mass is 9.53. The van der Waals surface area contributed by atoms with Crippen molar-refractivity contribution in [3.05, 3.63) is 0 Å². The Hall–Kier alpha value is -0.0900. The molecule has 3 rings (SSSR count). The van der Waals surface area contributed by atoms with E-state index in [1.54, 1.807) is 0 Å². The fraction of sp³-hybridized carbons (Fsp3) is 0.933. The zero-order valence-corrected chi connectivity index (χ0v) is 13.5. The van der Waals surface area contributed by atoms with Gasteiger partial charge in [-0.15, -0.1) is 0 Å². The molecule has 6 atom stereocenters. The van der Waals surface area contributed by atoms with Crippen LogP contribution < -0.4 is 0 Å². The Morgan fingerprint density at radius 3 is 2.84 bits per heavy atom. The number of carbonyl (C=O) groups excluding carboxylic acids is 1. The van der Waals surface area contributed by atoms with Crippen molar-refractivity contribution in [3.8, 4) is 0 Å². The van der Waals surface area contributed by atoms with Gasteiger partial charge in [-0.25, -0.2) is 0 Å². The van der Waals surface area contributed by atoms with Crippen LogP contribution in [0.15, 0.2) is 0 Å². The maximum Gasteiger partial charge on any atom is 0.302 e. The highest BCUT2D eigenvalue weighted by molar-refractivity contribution is 9.10. The summed E-state index contributed by atoms with van der Waals surface area (Å²) in [4.78, 5) is 11.2. The number of halogens is 1. The lowest BCUT2D eigenvalue weighted by Gasteiger charge is -2.56. The van der Waals surface area contributed by atoms with Crippen molar-refractivity contribution in [1.29, 1.82) is 0 Å². The SMILES string of the molecule is CC(=O)O[C@@H]1CC[C@]23CO[C@@H](C[C@@H](C)[C@H]2C)[C@]3(Br)C1. The monoisotopic (exact) mass is 330 g/mol. The summed E-state index contributed by atoms with van der Waals surface area (Å²) in [5.41, 5.74) is 0.228. The van der Waals surface area contributed by atoms with Crippen molar-refractivity contribution in [1.82, 2.24) is 0 Å². The molecule has 4 heteroatoms. The first kappa shape index (κ1) is 13.9. The van der Waals surface area contributed by atoms with Crippen LogP contribution in [0, 0.1) is 17.3 Å². The first-order valence-electron chi connectivity index (χ1n) is 7.37. The van der Waals surface area contributed by atoms with Gasteiger partial charge in [-0.3, -0.25) is 4.79 Å². The fourth-order valence-electron chi connectivity index (χ4n) is 4.70. The van der Waals surface area contributed by atoms with Crippen LogP contribution in [0.5, 0.6) is 0 Å². The Labute approximate surface area is 123 Å². The summed E-state index contributed by atoms with van der Waals surface area (Å²) < 4.78 is 11.6. The van der Waals surface area contributed by atoms with E-state index in [1.807, 2.05) is 0 Å². The van der Waals surface area contributed by atoms with Crippen molar-refractivity contribution >= 4 is 21.9 Å². The molecule has 0 amide bonds. The Bertz CT molecular complexity index is 399. The molecule has 19 heavy (non-hydrogen) atoms. The summed E-state index contributed by atoms with van der Waals surface area (Å²) in [5, 5.41) is 0. The van der Waals surface area contributed by atoms with Gasteiger partial charge in [0.2, 0.25) is 0 Å². The van der Waals surface area contributed by atoms with Crippen LogP contribution >= 0.6 is 15.9 Å². The third-order valence-electron chi connectivity index (χ3n) is 5.96. The lowest BCUT2D eigenvalue weighted by molar-refractivity contribution is -0.151. The number of hydrogen-bond acceptors (Lipinski definition) is 3. The Morgan fingerprint density at radius 1 is 1.42 bits per heavy atom. The molecule has 3 nitrogen and oxygen atoms in total. The van der Waals surface area contributed by atoms with Gasteiger partial charge in [0.1, 0.15) is 6.10 Å². The minimum absolute atomic E-state index is 0.00426. The Kier molecular flexibility index (Phi) is 3.25. The fourth-order valence-corrected chi connectivity index (χ4v) is 6.06. The van der Waals surface area contributed by atoms with Crippen LogP contribution in [0.1, 0.15) is 46.5 Å². The quantitative estimate of drug-likeness (QED) is 0.546. The summed E-state index contributed by atoms with van der Waals surface area (Å²) in [6.45, 7) is 7.08. The maximum atomic E-state index is 11.2. The normalized spacial score (nSPS) is 52.6. The molecule has 108 valence electrons. The highest BCUT2D eigenvalue weighted by atomic mass is 79.9. The molecule has 3 aliphatic rings. The number of hydrogen-bond donors (Lipinski definition) is 0. The number of ether oxygens (including phenoxy) is 2. The first-order valence-corrected chi connectivity index (χ1v) is 8.16. The minimum atomic E-state index is -0.164. The Balaban J connectivity index is 1.89. The third-order valence-corrected chi connectivity index (χ3v) is 7.59. The van der Waals surface area contributed by atoms with Crippen LogP contribution in [-0.4, -0.2) is 29.1 Å². The van der Waals surface area contributed by atoms with E-state index in [-0.39, 0.29) is 27.9 Å². The molecule has 0 unspecified atom stereocenters. The van der Waals surface area contributed by atoms with Gasteiger partial charge in [0.15, 0.2) is 0 Å². The molecule has 0 aromatic carbocycles. The zero-order chi connectivity index (χ0) is 13.8. The molecule has 0 N–H and O–H groups in total. The molecular formula is C15H23BrO3. The van der Waals surface area contributed by atoms with Crippen LogP contribution in [0.4, 0.5) is 0 Å². The van der Waals surface area contributed by atoms with E-state index in [4.69, 9.17) is 9.47 Å².